The molecule has 4 rings (SSSR count). The lowest BCUT2D eigenvalue weighted by Crippen LogP contribution is -2.40. The zero-order chi connectivity index (χ0) is 23.0. The number of rotatable bonds is 7. The fraction of sp³-hybridized carbons (Fsp3) is 0.296. The van der Waals surface area contributed by atoms with Gasteiger partial charge in [0.25, 0.3) is 5.91 Å². The van der Waals surface area contributed by atoms with Crippen LogP contribution in [-0.2, 0) is 17.9 Å². The second-order valence-corrected chi connectivity index (χ2v) is 8.58. The van der Waals surface area contributed by atoms with E-state index in [0.717, 1.165) is 38.0 Å². The topological polar surface area (TPSA) is 74.3 Å². The maximum atomic E-state index is 13.1. The third-order valence-corrected chi connectivity index (χ3v) is 6.14. The molecule has 0 bridgehead atoms. The van der Waals surface area contributed by atoms with Gasteiger partial charge in [0.05, 0.1) is 17.2 Å². The lowest BCUT2D eigenvalue weighted by Gasteiger charge is -2.32. The van der Waals surface area contributed by atoms with E-state index >= 15 is 0 Å². The Morgan fingerprint density at radius 3 is 2.70 bits per heavy atom. The number of anilines is 1. The lowest BCUT2D eigenvalue weighted by atomic mass is 9.96. The summed E-state index contributed by atoms with van der Waals surface area (Å²) in [4.78, 5) is 32.3. The Hall–Kier alpha value is -3.51. The van der Waals surface area contributed by atoms with Crippen molar-refractivity contribution in [1.82, 2.24) is 15.2 Å². The Bertz CT molecular complexity index is 1100. The van der Waals surface area contributed by atoms with Gasteiger partial charge in [0.1, 0.15) is 0 Å². The van der Waals surface area contributed by atoms with Gasteiger partial charge in [0.2, 0.25) is 5.91 Å². The Balaban J connectivity index is 1.38. The molecule has 1 aliphatic heterocycles. The van der Waals surface area contributed by atoms with Gasteiger partial charge in [-0.2, -0.15) is 0 Å². The number of amides is 2. The summed E-state index contributed by atoms with van der Waals surface area (Å²) in [6.45, 7) is 5.07. The van der Waals surface area contributed by atoms with E-state index in [1.807, 2.05) is 18.2 Å². The molecule has 3 aromatic rings. The third-order valence-electron chi connectivity index (χ3n) is 6.14. The Morgan fingerprint density at radius 2 is 1.88 bits per heavy atom. The molecular weight excluding hydrogens is 412 g/mol. The lowest BCUT2D eigenvalue weighted by molar-refractivity contribution is -0.121. The zero-order valence-corrected chi connectivity index (χ0v) is 19.0. The predicted molar refractivity (Wildman–Crippen MR) is 130 cm³/mol. The molecule has 2 N–H and O–H groups in total. The number of para-hydroxylation sites is 1. The number of nitrogens with one attached hydrogen (secondary N) is 2. The summed E-state index contributed by atoms with van der Waals surface area (Å²) in [6.07, 6.45) is 5.26. The highest BCUT2D eigenvalue weighted by Gasteiger charge is 2.27. The number of piperidine rings is 1. The molecule has 1 aromatic heterocycles. The van der Waals surface area contributed by atoms with Crippen LogP contribution in [0.1, 0.15) is 39.9 Å². The summed E-state index contributed by atoms with van der Waals surface area (Å²) in [5, 5.41) is 5.93. The average Bonchev–Trinajstić information content (AvgIpc) is 2.85. The number of pyridine rings is 1. The van der Waals surface area contributed by atoms with Gasteiger partial charge < -0.3 is 10.6 Å². The number of carbonyl (C=O) groups excluding carboxylic acids is 2. The van der Waals surface area contributed by atoms with E-state index in [4.69, 9.17) is 0 Å². The standard InChI is InChI=1S/C27H30N4O2/c1-20-8-2-3-10-22(20)18-31-15-7-11-23(19-31)26(32)30-25-13-5-4-12-24(25)27(33)29-17-21-9-6-14-28-16-21/h2-6,8-10,12-14,16,23H,7,11,15,17-19H2,1H3,(H,29,33)(H,30,32). The average molecular weight is 443 g/mol. The number of hydrogen-bond donors (Lipinski definition) is 2. The smallest absolute Gasteiger partial charge is 0.253 e. The van der Waals surface area contributed by atoms with Crippen molar-refractivity contribution in [1.29, 1.82) is 0 Å². The first-order valence-electron chi connectivity index (χ1n) is 11.4. The minimum atomic E-state index is -0.223. The minimum Gasteiger partial charge on any atom is -0.348 e. The van der Waals surface area contributed by atoms with Gasteiger partial charge in [0, 0.05) is 32.0 Å². The first-order valence-corrected chi connectivity index (χ1v) is 11.4. The summed E-state index contributed by atoms with van der Waals surface area (Å²) in [7, 11) is 0. The van der Waals surface area contributed by atoms with Gasteiger partial charge >= 0.3 is 0 Å². The molecule has 2 amide bonds. The number of benzene rings is 2. The molecule has 6 nitrogen and oxygen atoms in total. The van der Waals surface area contributed by atoms with Gasteiger partial charge in [-0.05, 0) is 61.2 Å². The van der Waals surface area contributed by atoms with Crippen LogP contribution in [0.4, 0.5) is 5.69 Å². The molecule has 0 radical (unpaired) electrons. The fourth-order valence-electron chi connectivity index (χ4n) is 4.25. The number of aryl methyl sites for hydroxylation is 1. The van der Waals surface area contributed by atoms with Gasteiger partial charge in [-0.3, -0.25) is 19.5 Å². The van der Waals surface area contributed by atoms with E-state index in [1.165, 1.54) is 11.1 Å². The SMILES string of the molecule is Cc1ccccc1CN1CCCC(C(=O)Nc2ccccc2C(=O)NCc2cccnc2)C1. The first kappa shape index (κ1) is 22.7. The van der Waals surface area contributed by atoms with E-state index in [2.05, 4.69) is 51.7 Å². The van der Waals surface area contributed by atoms with Crippen molar-refractivity contribution in [3.63, 3.8) is 0 Å². The van der Waals surface area contributed by atoms with Crippen LogP contribution in [-0.4, -0.2) is 34.8 Å². The van der Waals surface area contributed by atoms with Crippen molar-refractivity contribution in [2.24, 2.45) is 5.92 Å². The van der Waals surface area contributed by atoms with Crippen molar-refractivity contribution >= 4 is 17.5 Å². The molecule has 1 aliphatic rings. The summed E-state index contributed by atoms with van der Waals surface area (Å²) in [5.74, 6) is -0.356. The predicted octanol–water partition coefficient (Wildman–Crippen LogP) is 4.17. The normalized spacial score (nSPS) is 16.2. The molecule has 2 heterocycles. The number of carbonyl (C=O) groups is 2. The fourth-order valence-corrected chi connectivity index (χ4v) is 4.25. The number of hydrogen-bond acceptors (Lipinski definition) is 4. The van der Waals surface area contributed by atoms with Gasteiger partial charge in [0.15, 0.2) is 0 Å². The van der Waals surface area contributed by atoms with Crippen LogP contribution in [0, 0.1) is 12.8 Å². The number of aromatic nitrogens is 1. The summed E-state index contributed by atoms with van der Waals surface area (Å²) < 4.78 is 0. The van der Waals surface area contributed by atoms with Crippen molar-refractivity contribution in [3.8, 4) is 0 Å². The van der Waals surface area contributed by atoms with Crippen molar-refractivity contribution in [2.45, 2.75) is 32.9 Å². The summed E-state index contributed by atoms with van der Waals surface area (Å²) >= 11 is 0. The van der Waals surface area contributed by atoms with Crippen LogP contribution in [0.15, 0.2) is 73.1 Å². The van der Waals surface area contributed by atoms with Crippen LogP contribution in [0.2, 0.25) is 0 Å². The quantitative estimate of drug-likeness (QED) is 0.576. The molecule has 33 heavy (non-hydrogen) atoms. The van der Waals surface area contributed by atoms with Crippen LogP contribution >= 0.6 is 0 Å². The maximum absolute atomic E-state index is 13.1. The van der Waals surface area contributed by atoms with Crippen molar-refractivity contribution in [2.75, 3.05) is 18.4 Å². The second-order valence-electron chi connectivity index (χ2n) is 8.58. The first-order chi connectivity index (χ1) is 16.1. The van der Waals surface area contributed by atoms with Gasteiger partial charge in [-0.1, -0.05) is 42.5 Å². The van der Waals surface area contributed by atoms with Crippen molar-refractivity contribution < 1.29 is 9.59 Å². The van der Waals surface area contributed by atoms with E-state index in [0.29, 0.717) is 17.8 Å². The largest absolute Gasteiger partial charge is 0.348 e. The highest BCUT2D eigenvalue weighted by atomic mass is 16.2. The molecule has 1 atom stereocenters. The molecule has 1 saturated heterocycles. The maximum Gasteiger partial charge on any atom is 0.253 e. The van der Waals surface area contributed by atoms with Crippen LogP contribution in [0.5, 0.6) is 0 Å². The second kappa shape index (κ2) is 10.9. The van der Waals surface area contributed by atoms with Crippen LogP contribution in [0.25, 0.3) is 0 Å². The zero-order valence-electron chi connectivity index (χ0n) is 19.0. The van der Waals surface area contributed by atoms with Crippen LogP contribution < -0.4 is 10.6 Å². The third kappa shape index (κ3) is 6.05. The molecule has 0 aliphatic carbocycles. The minimum absolute atomic E-state index is 0.0306. The van der Waals surface area contributed by atoms with Crippen LogP contribution in [0.3, 0.4) is 0 Å². The molecule has 1 unspecified atom stereocenters. The van der Waals surface area contributed by atoms with E-state index in [9.17, 15) is 9.59 Å². The molecule has 1 fully saturated rings. The Kier molecular flexibility index (Phi) is 7.47. The van der Waals surface area contributed by atoms with E-state index < -0.39 is 0 Å². The molecular formula is C27H30N4O2. The number of likely N-dealkylation sites (tertiary alicyclic amines) is 1. The molecule has 6 heteroatoms. The van der Waals surface area contributed by atoms with Gasteiger partial charge in [-0.15, -0.1) is 0 Å². The Morgan fingerprint density at radius 1 is 1.06 bits per heavy atom. The highest BCUT2D eigenvalue weighted by Crippen LogP contribution is 2.23. The monoisotopic (exact) mass is 442 g/mol. The molecule has 0 spiro atoms. The highest BCUT2D eigenvalue weighted by molar-refractivity contribution is 6.04. The Labute approximate surface area is 195 Å². The summed E-state index contributed by atoms with van der Waals surface area (Å²) in [6, 6.07) is 19.3. The van der Waals surface area contributed by atoms with Crippen molar-refractivity contribution in [3.05, 3.63) is 95.3 Å². The molecule has 0 saturated carbocycles. The van der Waals surface area contributed by atoms with E-state index in [-0.39, 0.29) is 17.7 Å². The molecule has 170 valence electrons. The summed E-state index contributed by atoms with van der Waals surface area (Å²) in [5.41, 5.74) is 4.50. The van der Waals surface area contributed by atoms with Gasteiger partial charge in [-0.25, -0.2) is 0 Å². The molecule has 2 aromatic carbocycles. The van der Waals surface area contributed by atoms with E-state index in [1.54, 1.807) is 30.6 Å². The number of nitrogens with zero attached hydrogens (tertiary/aromatic N) is 2.